The number of hydrogen-bond donors (Lipinski definition) is 2. The molecule has 0 unspecified atom stereocenters. The molecule has 0 atom stereocenters. The highest BCUT2D eigenvalue weighted by Gasteiger charge is 2.19. The molecule has 0 fully saturated rings. The maximum Gasteiger partial charge on any atom is 0.339 e. The monoisotopic (exact) mass is 374 g/mol. The first-order chi connectivity index (χ1) is 11.0. The van der Waals surface area contributed by atoms with Crippen LogP contribution in [0, 0.1) is 0 Å². The highest BCUT2D eigenvalue weighted by atomic mass is 79.9. The van der Waals surface area contributed by atoms with Crippen LogP contribution < -0.4 is 5.32 Å². The summed E-state index contributed by atoms with van der Waals surface area (Å²) in [4.78, 5) is 20.3. The first-order valence-corrected chi connectivity index (χ1v) is 7.90. The number of nitrogens with zero attached hydrogens (tertiary/aromatic N) is 3. The second-order valence-corrected chi connectivity index (χ2v) is 6.01. The first-order valence-electron chi connectivity index (χ1n) is 7.11. The van der Waals surface area contributed by atoms with Crippen molar-refractivity contribution in [1.82, 2.24) is 14.5 Å². The lowest BCUT2D eigenvalue weighted by Crippen LogP contribution is -2.04. The molecule has 1 aromatic carbocycles. The van der Waals surface area contributed by atoms with Gasteiger partial charge >= 0.3 is 5.97 Å². The van der Waals surface area contributed by atoms with Gasteiger partial charge in [-0.25, -0.2) is 14.8 Å². The third kappa shape index (κ3) is 2.79. The number of hydrogen-bond acceptors (Lipinski definition) is 4. The van der Waals surface area contributed by atoms with E-state index in [2.05, 4.69) is 31.2 Å². The molecule has 0 aliphatic carbocycles. The van der Waals surface area contributed by atoms with Crippen molar-refractivity contribution in [3.8, 4) is 0 Å². The zero-order chi connectivity index (χ0) is 16.6. The highest BCUT2D eigenvalue weighted by Crippen LogP contribution is 2.28. The van der Waals surface area contributed by atoms with E-state index in [4.69, 9.17) is 0 Å². The van der Waals surface area contributed by atoms with Crippen LogP contribution in [0.5, 0.6) is 0 Å². The fourth-order valence-corrected chi connectivity index (χ4v) is 2.94. The Kier molecular flexibility index (Phi) is 4.04. The zero-order valence-electron chi connectivity index (χ0n) is 12.7. The number of pyridine rings is 1. The summed E-state index contributed by atoms with van der Waals surface area (Å²) in [6.45, 7) is 1.98. The Hall–Kier alpha value is -2.41. The quantitative estimate of drug-likeness (QED) is 0.726. The molecular formula is C16H15BrN4O2. The Labute approximate surface area is 141 Å². The van der Waals surface area contributed by atoms with Gasteiger partial charge in [0.2, 0.25) is 0 Å². The SMILES string of the molecule is CCc1nc2c(Nc3cccc(Br)c3)ncc(C(=O)O)c2n1C. The molecule has 0 bridgehead atoms. The number of aryl methyl sites for hydroxylation is 2. The molecule has 2 aromatic heterocycles. The molecule has 0 saturated carbocycles. The van der Waals surface area contributed by atoms with Gasteiger partial charge in [0.05, 0.1) is 5.52 Å². The number of halogens is 1. The lowest BCUT2D eigenvalue weighted by atomic mass is 10.2. The van der Waals surface area contributed by atoms with Crippen molar-refractivity contribution < 1.29 is 9.90 Å². The predicted octanol–water partition coefficient (Wildman–Crippen LogP) is 3.74. The van der Waals surface area contributed by atoms with Gasteiger partial charge in [0, 0.05) is 29.8 Å². The summed E-state index contributed by atoms with van der Waals surface area (Å²) in [5.41, 5.74) is 2.13. The van der Waals surface area contributed by atoms with Crippen molar-refractivity contribution in [2.45, 2.75) is 13.3 Å². The van der Waals surface area contributed by atoms with E-state index in [1.54, 1.807) is 0 Å². The van der Waals surface area contributed by atoms with Gasteiger partial charge in [-0.15, -0.1) is 0 Å². The Morgan fingerprint density at radius 3 is 2.87 bits per heavy atom. The largest absolute Gasteiger partial charge is 0.478 e. The minimum atomic E-state index is -1.01. The summed E-state index contributed by atoms with van der Waals surface area (Å²) >= 11 is 3.42. The summed E-state index contributed by atoms with van der Waals surface area (Å²) in [7, 11) is 1.82. The van der Waals surface area contributed by atoms with Crippen molar-refractivity contribution in [3.63, 3.8) is 0 Å². The molecule has 23 heavy (non-hydrogen) atoms. The van der Waals surface area contributed by atoms with Crippen LogP contribution in [0.1, 0.15) is 23.1 Å². The standard InChI is InChI=1S/C16H15BrN4O2/c1-3-12-20-13-14(21(12)2)11(16(22)23)8-18-15(13)19-10-6-4-5-9(17)7-10/h4-8H,3H2,1-2H3,(H,18,19)(H,22,23). The first kappa shape index (κ1) is 15.5. The normalized spacial score (nSPS) is 10.9. The van der Waals surface area contributed by atoms with Crippen LogP contribution in [-0.2, 0) is 13.5 Å². The van der Waals surface area contributed by atoms with Gasteiger partial charge in [-0.2, -0.15) is 0 Å². The summed E-state index contributed by atoms with van der Waals surface area (Å²) < 4.78 is 2.75. The number of fused-ring (bicyclic) bond motifs is 1. The van der Waals surface area contributed by atoms with E-state index in [0.29, 0.717) is 23.3 Å². The fraction of sp³-hybridized carbons (Fsp3) is 0.188. The maximum atomic E-state index is 11.5. The number of aromatic carboxylic acids is 1. The van der Waals surface area contributed by atoms with Crippen LogP contribution in [0.3, 0.4) is 0 Å². The minimum Gasteiger partial charge on any atom is -0.478 e. The predicted molar refractivity (Wildman–Crippen MR) is 92.3 cm³/mol. The number of anilines is 2. The third-order valence-corrected chi connectivity index (χ3v) is 4.12. The van der Waals surface area contributed by atoms with E-state index in [1.807, 2.05) is 42.8 Å². The van der Waals surface area contributed by atoms with E-state index in [-0.39, 0.29) is 5.56 Å². The van der Waals surface area contributed by atoms with Crippen LogP contribution in [-0.4, -0.2) is 25.6 Å². The molecule has 3 rings (SSSR count). The molecule has 0 aliphatic rings. The molecule has 2 N–H and O–H groups in total. The van der Waals surface area contributed by atoms with Gasteiger partial charge in [-0.3, -0.25) is 0 Å². The molecular weight excluding hydrogens is 360 g/mol. The molecule has 0 spiro atoms. The summed E-state index contributed by atoms with van der Waals surface area (Å²) in [6.07, 6.45) is 2.08. The van der Waals surface area contributed by atoms with E-state index in [0.717, 1.165) is 16.0 Å². The second kappa shape index (κ2) is 6.00. The van der Waals surface area contributed by atoms with Crippen LogP contribution in [0.25, 0.3) is 11.0 Å². The maximum absolute atomic E-state index is 11.5. The van der Waals surface area contributed by atoms with Crippen LogP contribution >= 0.6 is 15.9 Å². The zero-order valence-corrected chi connectivity index (χ0v) is 14.3. The van der Waals surface area contributed by atoms with Gasteiger partial charge in [-0.1, -0.05) is 28.9 Å². The molecule has 0 radical (unpaired) electrons. The topological polar surface area (TPSA) is 80.0 Å². The Balaban J connectivity index is 2.18. The highest BCUT2D eigenvalue weighted by molar-refractivity contribution is 9.10. The van der Waals surface area contributed by atoms with Crippen molar-refractivity contribution in [3.05, 3.63) is 46.3 Å². The van der Waals surface area contributed by atoms with Crippen LogP contribution in [0.15, 0.2) is 34.9 Å². The number of aromatic nitrogens is 3. The number of carboxylic acid groups (broad SMARTS) is 1. The molecule has 6 nitrogen and oxygen atoms in total. The molecule has 118 valence electrons. The lowest BCUT2D eigenvalue weighted by molar-refractivity contribution is 0.0698. The van der Waals surface area contributed by atoms with Crippen molar-refractivity contribution in [2.75, 3.05) is 5.32 Å². The molecule has 3 aromatic rings. The van der Waals surface area contributed by atoms with Gasteiger partial charge in [-0.05, 0) is 18.2 Å². The van der Waals surface area contributed by atoms with Gasteiger partial charge in [0.25, 0.3) is 0 Å². The average Bonchev–Trinajstić information content (AvgIpc) is 2.85. The molecule has 0 amide bonds. The van der Waals surface area contributed by atoms with E-state index < -0.39 is 5.97 Å². The second-order valence-electron chi connectivity index (χ2n) is 5.10. The summed E-state index contributed by atoms with van der Waals surface area (Å²) in [6, 6.07) is 7.66. The smallest absolute Gasteiger partial charge is 0.339 e. The number of carbonyl (C=O) groups is 1. The van der Waals surface area contributed by atoms with Crippen molar-refractivity contribution in [1.29, 1.82) is 0 Å². The fourth-order valence-electron chi connectivity index (χ4n) is 2.54. The lowest BCUT2D eigenvalue weighted by Gasteiger charge is -2.08. The van der Waals surface area contributed by atoms with Gasteiger partial charge in [0.15, 0.2) is 5.82 Å². The van der Waals surface area contributed by atoms with Crippen molar-refractivity contribution >= 4 is 44.4 Å². The number of imidazole rings is 1. The van der Waals surface area contributed by atoms with Gasteiger partial charge in [0.1, 0.15) is 16.9 Å². The molecule has 2 heterocycles. The van der Waals surface area contributed by atoms with Crippen LogP contribution in [0.2, 0.25) is 0 Å². The number of benzene rings is 1. The van der Waals surface area contributed by atoms with E-state index >= 15 is 0 Å². The third-order valence-electron chi connectivity index (χ3n) is 3.62. The number of nitrogens with one attached hydrogen (secondary N) is 1. The van der Waals surface area contributed by atoms with E-state index in [1.165, 1.54) is 6.20 Å². The minimum absolute atomic E-state index is 0.148. The van der Waals surface area contributed by atoms with Gasteiger partial charge < -0.3 is 15.0 Å². The molecule has 0 saturated heterocycles. The summed E-state index contributed by atoms with van der Waals surface area (Å²) in [5, 5.41) is 12.6. The van der Waals surface area contributed by atoms with Crippen LogP contribution in [0.4, 0.5) is 11.5 Å². The summed E-state index contributed by atoms with van der Waals surface area (Å²) in [5.74, 6) is 0.341. The number of carboxylic acids is 1. The average molecular weight is 375 g/mol. The Bertz CT molecular complexity index is 904. The van der Waals surface area contributed by atoms with Crippen molar-refractivity contribution in [2.24, 2.45) is 7.05 Å². The number of rotatable bonds is 4. The molecule has 0 aliphatic heterocycles. The molecule has 7 heteroatoms. The van der Waals surface area contributed by atoms with E-state index in [9.17, 15) is 9.90 Å². The Morgan fingerprint density at radius 2 is 2.22 bits per heavy atom. The Morgan fingerprint density at radius 1 is 1.43 bits per heavy atom.